The van der Waals surface area contributed by atoms with Gasteiger partial charge in [0.2, 0.25) is 10.0 Å². The molecule has 8 heteroatoms. The summed E-state index contributed by atoms with van der Waals surface area (Å²) in [5.41, 5.74) is 0.399. The summed E-state index contributed by atoms with van der Waals surface area (Å²) in [7, 11) is -1.84. The number of rotatable bonds is 5. The first-order valence-electron chi connectivity index (χ1n) is 7.26. The molecule has 0 saturated carbocycles. The van der Waals surface area contributed by atoms with E-state index in [0.29, 0.717) is 17.9 Å². The van der Waals surface area contributed by atoms with E-state index in [4.69, 9.17) is 5.14 Å². The largest absolute Gasteiger partial charge is 0.306 e. The van der Waals surface area contributed by atoms with Crippen molar-refractivity contribution < 1.29 is 13.3 Å². The molecule has 22 heavy (non-hydrogen) atoms. The zero-order chi connectivity index (χ0) is 16.3. The van der Waals surface area contributed by atoms with Crippen molar-refractivity contribution in [3.05, 3.63) is 33.9 Å². The maximum atomic E-state index is 11.3. The zero-order valence-electron chi connectivity index (χ0n) is 12.6. The Bertz CT molecular complexity index is 652. The first-order chi connectivity index (χ1) is 10.3. The van der Waals surface area contributed by atoms with Gasteiger partial charge < -0.3 is 4.90 Å². The number of likely N-dealkylation sites (tertiary alicyclic amines) is 1. The molecular formula is C14H21N3O4S. The van der Waals surface area contributed by atoms with Crippen LogP contribution in [-0.2, 0) is 16.4 Å². The van der Waals surface area contributed by atoms with Gasteiger partial charge in [-0.05, 0) is 57.8 Å². The van der Waals surface area contributed by atoms with E-state index in [-0.39, 0.29) is 10.6 Å². The molecule has 0 aromatic heterocycles. The number of piperidine rings is 1. The molecule has 0 amide bonds. The van der Waals surface area contributed by atoms with Crippen LogP contribution in [-0.4, -0.2) is 38.4 Å². The third kappa shape index (κ3) is 4.25. The van der Waals surface area contributed by atoms with E-state index in [9.17, 15) is 18.5 Å². The first-order valence-corrected chi connectivity index (χ1v) is 8.80. The number of nitro groups is 1. The lowest BCUT2D eigenvalue weighted by molar-refractivity contribution is -0.385. The Morgan fingerprint density at radius 2 is 2.00 bits per heavy atom. The van der Waals surface area contributed by atoms with E-state index >= 15 is 0 Å². The molecule has 2 N–H and O–H groups in total. The number of nitro benzene ring substituents is 1. The topological polar surface area (TPSA) is 107 Å². The van der Waals surface area contributed by atoms with Crippen LogP contribution in [0.3, 0.4) is 0 Å². The fourth-order valence-electron chi connectivity index (χ4n) is 2.81. The predicted molar refractivity (Wildman–Crippen MR) is 83.0 cm³/mol. The van der Waals surface area contributed by atoms with Crippen molar-refractivity contribution in [2.45, 2.75) is 30.6 Å². The fraction of sp³-hybridized carbons (Fsp3) is 0.571. The number of aryl methyl sites for hydroxylation is 1. The van der Waals surface area contributed by atoms with Crippen molar-refractivity contribution in [3.8, 4) is 0 Å². The highest BCUT2D eigenvalue weighted by molar-refractivity contribution is 7.89. The second kappa shape index (κ2) is 6.72. The van der Waals surface area contributed by atoms with E-state index < -0.39 is 14.9 Å². The van der Waals surface area contributed by atoms with Gasteiger partial charge in [0.05, 0.1) is 9.82 Å². The number of nitrogens with zero attached hydrogens (tertiary/aromatic N) is 2. The van der Waals surface area contributed by atoms with Crippen LogP contribution in [0.1, 0.15) is 24.8 Å². The average molecular weight is 327 g/mol. The third-order valence-corrected chi connectivity index (χ3v) is 5.15. The highest BCUT2D eigenvalue weighted by Gasteiger charge is 2.21. The van der Waals surface area contributed by atoms with Crippen LogP contribution in [0.25, 0.3) is 0 Å². The van der Waals surface area contributed by atoms with E-state index in [1.807, 2.05) is 0 Å². The normalized spacial score (nSPS) is 17.5. The quantitative estimate of drug-likeness (QED) is 0.652. The van der Waals surface area contributed by atoms with Crippen LogP contribution < -0.4 is 5.14 Å². The van der Waals surface area contributed by atoms with Crippen molar-refractivity contribution in [1.29, 1.82) is 0 Å². The van der Waals surface area contributed by atoms with E-state index in [1.165, 1.54) is 12.1 Å². The van der Waals surface area contributed by atoms with Gasteiger partial charge in [-0.1, -0.05) is 6.07 Å². The van der Waals surface area contributed by atoms with Crippen molar-refractivity contribution in [2.24, 2.45) is 11.1 Å². The summed E-state index contributed by atoms with van der Waals surface area (Å²) in [6, 6.07) is 3.90. The second-order valence-corrected chi connectivity index (χ2v) is 7.44. The standard InChI is InChI=1S/C14H21N3O4S/c1-16-8-6-11(7-9-16)2-3-12-4-5-13(22(15,20)21)10-14(12)17(18)19/h4-5,10-11H,2-3,6-9H2,1H3,(H2,15,20,21). The summed E-state index contributed by atoms with van der Waals surface area (Å²) in [6.45, 7) is 2.11. The molecule has 0 spiro atoms. The molecule has 1 aromatic carbocycles. The SMILES string of the molecule is CN1CCC(CCc2ccc(S(N)(=O)=O)cc2[N+](=O)[O-])CC1. The van der Waals surface area contributed by atoms with Gasteiger partial charge in [-0.15, -0.1) is 0 Å². The molecule has 1 heterocycles. The Hall–Kier alpha value is -1.51. The van der Waals surface area contributed by atoms with Crippen molar-refractivity contribution >= 4 is 15.7 Å². The number of benzene rings is 1. The number of sulfonamides is 1. The molecule has 1 saturated heterocycles. The van der Waals surface area contributed by atoms with Crippen LogP contribution >= 0.6 is 0 Å². The second-order valence-electron chi connectivity index (χ2n) is 5.88. The summed E-state index contributed by atoms with van der Waals surface area (Å²) in [6.07, 6.45) is 3.65. The summed E-state index contributed by atoms with van der Waals surface area (Å²) in [5, 5.41) is 16.2. The zero-order valence-corrected chi connectivity index (χ0v) is 13.4. The first kappa shape index (κ1) is 16.9. The number of hydrogen-bond acceptors (Lipinski definition) is 5. The van der Waals surface area contributed by atoms with Gasteiger partial charge in [0, 0.05) is 11.6 Å². The van der Waals surface area contributed by atoms with E-state index in [0.717, 1.165) is 38.4 Å². The van der Waals surface area contributed by atoms with Crippen molar-refractivity contribution in [3.63, 3.8) is 0 Å². The fourth-order valence-corrected chi connectivity index (χ4v) is 3.35. The highest BCUT2D eigenvalue weighted by atomic mass is 32.2. The van der Waals surface area contributed by atoms with Crippen LogP contribution in [0, 0.1) is 16.0 Å². The van der Waals surface area contributed by atoms with Gasteiger partial charge in [-0.25, -0.2) is 13.6 Å². The molecule has 122 valence electrons. The lowest BCUT2D eigenvalue weighted by Crippen LogP contribution is -2.30. The smallest absolute Gasteiger partial charge is 0.273 e. The van der Waals surface area contributed by atoms with Gasteiger partial charge >= 0.3 is 0 Å². The molecule has 7 nitrogen and oxygen atoms in total. The highest BCUT2D eigenvalue weighted by Crippen LogP contribution is 2.27. The molecule has 1 aromatic rings. The maximum Gasteiger partial charge on any atom is 0.273 e. The Morgan fingerprint density at radius 3 is 2.55 bits per heavy atom. The number of hydrogen-bond donors (Lipinski definition) is 1. The lowest BCUT2D eigenvalue weighted by Gasteiger charge is -2.28. The summed E-state index contributed by atoms with van der Waals surface area (Å²) in [5.74, 6) is 0.564. The number of nitrogens with two attached hydrogens (primary N) is 1. The van der Waals surface area contributed by atoms with Crippen LogP contribution in [0.2, 0.25) is 0 Å². The summed E-state index contributed by atoms with van der Waals surface area (Å²) >= 11 is 0. The van der Waals surface area contributed by atoms with E-state index in [1.54, 1.807) is 0 Å². The summed E-state index contributed by atoms with van der Waals surface area (Å²) in [4.78, 5) is 12.7. The predicted octanol–water partition coefficient (Wildman–Crippen LogP) is 1.52. The van der Waals surface area contributed by atoms with E-state index in [2.05, 4.69) is 11.9 Å². The van der Waals surface area contributed by atoms with Crippen molar-refractivity contribution in [2.75, 3.05) is 20.1 Å². The minimum atomic E-state index is -3.93. The van der Waals surface area contributed by atoms with Crippen LogP contribution in [0.5, 0.6) is 0 Å². The molecule has 0 bridgehead atoms. The van der Waals surface area contributed by atoms with Crippen LogP contribution in [0.15, 0.2) is 23.1 Å². The maximum absolute atomic E-state index is 11.3. The Morgan fingerprint density at radius 1 is 1.36 bits per heavy atom. The molecule has 0 unspecified atom stereocenters. The monoisotopic (exact) mass is 327 g/mol. The van der Waals surface area contributed by atoms with Crippen LogP contribution in [0.4, 0.5) is 5.69 Å². The molecule has 1 aliphatic rings. The molecule has 1 aliphatic heterocycles. The Labute approximate surface area is 130 Å². The lowest BCUT2D eigenvalue weighted by atomic mass is 9.90. The Balaban J connectivity index is 2.12. The van der Waals surface area contributed by atoms with Gasteiger partial charge in [-0.2, -0.15) is 0 Å². The van der Waals surface area contributed by atoms with Gasteiger partial charge in [0.1, 0.15) is 0 Å². The molecule has 0 aliphatic carbocycles. The van der Waals surface area contributed by atoms with Gasteiger partial charge in [-0.3, -0.25) is 10.1 Å². The van der Waals surface area contributed by atoms with Crippen molar-refractivity contribution in [1.82, 2.24) is 4.90 Å². The molecule has 1 fully saturated rings. The third-order valence-electron chi connectivity index (χ3n) is 4.24. The Kier molecular flexibility index (Phi) is 5.15. The molecule has 0 atom stereocenters. The summed E-state index contributed by atoms with van der Waals surface area (Å²) < 4.78 is 22.6. The molecule has 0 radical (unpaired) electrons. The minimum absolute atomic E-state index is 0.167. The number of primary sulfonamides is 1. The van der Waals surface area contributed by atoms with Gasteiger partial charge in [0.15, 0.2) is 0 Å². The van der Waals surface area contributed by atoms with Gasteiger partial charge in [0.25, 0.3) is 5.69 Å². The molecule has 2 rings (SSSR count). The average Bonchev–Trinajstić information content (AvgIpc) is 2.45. The molecular weight excluding hydrogens is 306 g/mol. The minimum Gasteiger partial charge on any atom is -0.306 e.